The third-order valence-electron chi connectivity index (χ3n) is 3.02. The van der Waals surface area contributed by atoms with Gasteiger partial charge in [-0.05, 0) is 37.3 Å². The van der Waals surface area contributed by atoms with Gasteiger partial charge in [0.2, 0.25) is 0 Å². The van der Waals surface area contributed by atoms with Gasteiger partial charge >= 0.3 is 0 Å². The van der Waals surface area contributed by atoms with Crippen LogP contribution in [0.15, 0.2) is 42.5 Å². The summed E-state index contributed by atoms with van der Waals surface area (Å²) in [5.74, 6) is -1.08. The molecule has 0 aliphatic heterocycles. The summed E-state index contributed by atoms with van der Waals surface area (Å²) < 4.78 is 26.5. The zero-order valence-corrected chi connectivity index (χ0v) is 10.7. The molecule has 0 unspecified atom stereocenters. The lowest BCUT2D eigenvalue weighted by Crippen LogP contribution is -2.22. The molecular formula is C15H16F2N2. The maximum atomic E-state index is 13.6. The molecule has 4 heteroatoms. The fraction of sp³-hybridized carbons (Fsp3) is 0.200. The average Bonchev–Trinajstić information content (AvgIpc) is 2.39. The smallest absolute Gasteiger partial charge is 0.131 e. The van der Waals surface area contributed by atoms with Crippen LogP contribution in [0.3, 0.4) is 0 Å². The molecule has 0 heterocycles. The van der Waals surface area contributed by atoms with Crippen molar-refractivity contribution in [2.75, 3.05) is 17.2 Å². The Labute approximate surface area is 111 Å². The van der Waals surface area contributed by atoms with Gasteiger partial charge in [0.15, 0.2) is 0 Å². The van der Waals surface area contributed by atoms with Gasteiger partial charge in [0.1, 0.15) is 11.6 Å². The normalized spacial score (nSPS) is 10.5. The van der Waals surface area contributed by atoms with Crippen LogP contribution in [0.4, 0.5) is 20.2 Å². The summed E-state index contributed by atoms with van der Waals surface area (Å²) in [7, 11) is 0. The van der Waals surface area contributed by atoms with Gasteiger partial charge in [0.05, 0.1) is 0 Å². The molecule has 2 nitrogen and oxygen atoms in total. The number of hydrogen-bond donors (Lipinski definition) is 1. The molecule has 0 amide bonds. The Balaban J connectivity index is 2.21. The SMILES string of the molecule is CCN(Cc1ccc(F)cc1F)c1ccc(N)cc1. The van der Waals surface area contributed by atoms with Gasteiger partial charge in [-0.15, -0.1) is 0 Å². The number of nitrogens with two attached hydrogens (primary N) is 1. The first-order valence-corrected chi connectivity index (χ1v) is 6.14. The summed E-state index contributed by atoms with van der Waals surface area (Å²) in [5.41, 5.74) is 7.76. The molecule has 2 N–H and O–H groups in total. The Morgan fingerprint density at radius 1 is 1.05 bits per heavy atom. The molecule has 0 saturated carbocycles. The van der Waals surface area contributed by atoms with Gasteiger partial charge in [-0.3, -0.25) is 0 Å². The number of anilines is 2. The van der Waals surface area contributed by atoms with Gasteiger partial charge < -0.3 is 10.6 Å². The standard InChI is InChI=1S/C15H16F2N2/c1-2-19(14-7-5-13(18)6-8-14)10-11-3-4-12(16)9-15(11)17/h3-9H,2,10,18H2,1H3. The fourth-order valence-corrected chi connectivity index (χ4v) is 1.93. The molecule has 2 rings (SSSR count). The van der Waals surface area contributed by atoms with Crippen molar-refractivity contribution in [1.82, 2.24) is 0 Å². The molecule has 2 aromatic carbocycles. The number of rotatable bonds is 4. The van der Waals surface area contributed by atoms with Crippen LogP contribution in [0.2, 0.25) is 0 Å². The summed E-state index contributed by atoms with van der Waals surface area (Å²) in [4.78, 5) is 2.00. The minimum absolute atomic E-state index is 0.395. The van der Waals surface area contributed by atoms with Crippen LogP contribution in [0, 0.1) is 11.6 Å². The first kappa shape index (κ1) is 13.3. The Hall–Kier alpha value is -2.10. The van der Waals surface area contributed by atoms with E-state index < -0.39 is 11.6 Å². The number of benzene rings is 2. The van der Waals surface area contributed by atoms with Crippen molar-refractivity contribution in [2.45, 2.75) is 13.5 Å². The third kappa shape index (κ3) is 3.22. The van der Waals surface area contributed by atoms with Crippen LogP contribution in [-0.2, 0) is 6.54 Å². The zero-order valence-electron chi connectivity index (χ0n) is 10.7. The molecule has 0 fully saturated rings. The van der Waals surface area contributed by atoms with Crippen LogP contribution in [-0.4, -0.2) is 6.54 Å². The molecule has 0 radical (unpaired) electrons. The Bertz CT molecular complexity index is 553. The van der Waals surface area contributed by atoms with E-state index >= 15 is 0 Å². The molecule has 19 heavy (non-hydrogen) atoms. The second-order valence-corrected chi connectivity index (χ2v) is 4.34. The molecule has 0 spiro atoms. The number of nitrogens with zero attached hydrogens (tertiary/aromatic N) is 1. The molecular weight excluding hydrogens is 246 g/mol. The van der Waals surface area contributed by atoms with Crippen LogP contribution in [0.5, 0.6) is 0 Å². The average molecular weight is 262 g/mol. The highest BCUT2D eigenvalue weighted by Crippen LogP contribution is 2.20. The van der Waals surface area contributed by atoms with Crippen molar-refractivity contribution in [2.24, 2.45) is 0 Å². The predicted molar refractivity (Wildman–Crippen MR) is 73.9 cm³/mol. The Morgan fingerprint density at radius 2 is 1.74 bits per heavy atom. The van der Waals surface area contributed by atoms with Gasteiger partial charge in [0, 0.05) is 36.1 Å². The monoisotopic (exact) mass is 262 g/mol. The van der Waals surface area contributed by atoms with Crippen molar-refractivity contribution in [3.63, 3.8) is 0 Å². The van der Waals surface area contributed by atoms with Gasteiger partial charge in [-0.25, -0.2) is 8.78 Å². The van der Waals surface area contributed by atoms with Gasteiger partial charge in [-0.2, -0.15) is 0 Å². The highest BCUT2D eigenvalue weighted by Gasteiger charge is 2.09. The summed E-state index contributed by atoms with van der Waals surface area (Å²) in [6, 6.07) is 11.0. The van der Waals surface area contributed by atoms with Gasteiger partial charge in [0.25, 0.3) is 0 Å². The molecule has 0 aliphatic rings. The van der Waals surface area contributed by atoms with Crippen molar-refractivity contribution in [3.05, 3.63) is 59.7 Å². The van der Waals surface area contributed by atoms with E-state index in [1.165, 1.54) is 12.1 Å². The lowest BCUT2D eigenvalue weighted by molar-refractivity contribution is 0.569. The number of nitrogen functional groups attached to an aromatic ring is 1. The van der Waals surface area contributed by atoms with E-state index in [0.717, 1.165) is 18.3 Å². The van der Waals surface area contributed by atoms with Crippen LogP contribution in [0.1, 0.15) is 12.5 Å². The molecule has 0 saturated heterocycles. The minimum Gasteiger partial charge on any atom is -0.399 e. The number of halogens is 2. The van der Waals surface area contributed by atoms with Crippen molar-refractivity contribution in [1.29, 1.82) is 0 Å². The quantitative estimate of drug-likeness (QED) is 0.853. The predicted octanol–water partition coefficient (Wildman–Crippen LogP) is 3.57. The maximum Gasteiger partial charge on any atom is 0.131 e. The summed E-state index contributed by atoms with van der Waals surface area (Å²) in [6.07, 6.45) is 0. The van der Waals surface area contributed by atoms with E-state index in [9.17, 15) is 8.78 Å². The van der Waals surface area contributed by atoms with Crippen molar-refractivity contribution in [3.8, 4) is 0 Å². The highest BCUT2D eigenvalue weighted by molar-refractivity contribution is 5.53. The summed E-state index contributed by atoms with van der Waals surface area (Å²) in [6.45, 7) is 3.10. The second-order valence-electron chi connectivity index (χ2n) is 4.34. The van der Waals surface area contributed by atoms with E-state index in [1.54, 1.807) is 12.1 Å². The largest absolute Gasteiger partial charge is 0.399 e. The first-order valence-electron chi connectivity index (χ1n) is 6.14. The zero-order chi connectivity index (χ0) is 13.8. The van der Waals surface area contributed by atoms with E-state index in [4.69, 9.17) is 5.73 Å². The van der Waals surface area contributed by atoms with Gasteiger partial charge in [-0.1, -0.05) is 6.07 Å². The fourth-order valence-electron chi connectivity index (χ4n) is 1.93. The Kier molecular flexibility index (Phi) is 4.00. The molecule has 0 aromatic heterocycles. The topological polar surface area (TPSA) is 29.3 Å². The summed E-state index contributed by atoms with van der Waals surface area (Å²) in [5, 5.41) is 0. The first-order chi connectivity index (χ1) is 9.10. The highest BCUT2D eigenvalue weighted by atomic mass is 19.1. The molecule has 0 atom stereocenters. The second kappa shape index (κ2) is 5.69. The molecule has 0 aliphatic carbocycles. The lowest BCUT2D eigenvalue weighted by Gasteiger charge is -2.23. The molecule has 2 aromatic rings. The Morgan fingerprint density at radius 3 is 2.32 bits per heavy atom. The third-order valence-corrected chi connectivity index (χ3v) is 3.02. The van der Waals surface area contributed by atoms with E-state index in [1.807, 2.05) is 24.0 Å². The van der Waals surface area contributed by atoms with E-state index in [2.05, 4.69) is 0 Å². The minimum atomic E-state index is -0.559. The lowest BCUT2D eigenvalue weighted by atomic mass is 10.1. The van der Waals surface area contributed by atoms with Crippen LogP contribution >= 0.6 is 0 Å². The van der Waals surface area contributed by atoms with E-state index in [-0.39, 0.29) is 0 Å². The van der Waals surface area contributed by atoms with Crippen LogP contribution < -0.4 is 10.6 Å². The van der Waals surface area contributed by atoms with Crippen molar-refractivity contribution >= 4 is 11.4 Å². The summed E-state index contributed by atoms with van der Waals surface area (Å²) >= 11 is 0. The maximum absolute atomic E-state index is 13.6. The van der Waals surface area contributed by atoms with Crippen molar-refractivity contribution < 1.29 is 8.78 Å². The van der Waals surface area contributed by atoms with E-state index in [0.29, 0.717) is 17.8 Å². The molecule has 100 valence electrons. The number of hydrogen-bond acceptors (Lipinski definition) is 2. The molecule has 0 bridgehead atoms. The van der Waals surface area contributed by atoms with Crippen LogP contribution in [0.25, 0.3) is 0 Å².